The summed E-state index contributed by atoms with van der Waals surface area (Å²) in [7, 11) is -3.30. The maximum Gasteiger partial charge on any atom is 0.236 e. The Morgan fingerprint density at radius 2 is 2.08 bits per heavy atom. The molecule has 0 saturated carbocycles. The molecule has 5 nitrogen and oxygen atoms in total. The van der Waals surface area contributed by atoms with Gasteiger partial charge in [-0.05, 0) is 32.4 Å². The fraction of sp³-hybridized carbons (Fsp3) is 0.588. The summed E-state index contributed by atoms with van der Waals surface area (Å²) in [5, 5.41) is 2.95. The lowest BCUT2D eigenvalue weighted by molar-refractivity contribution is -0.133. The van der Waals surface area contributed by atoms with Gasteiger partial charge in [-0.25, -0.2) is 8.42 Å². The lowest BCUT2D eigenvalue weighted by Crippen LogP contribution is -2.54. The zero-order valence-electron chi connectivity index (χ0n) is 14.9. The number of nitrogens with one attached hydrogen (secondary N) is 1. The molecule has 1 aromatic rings. The number of nitrogens with zero attached hydrogens (tertiary/aromatic N) is 1. The van der Waals surface area contributed by atoms with Crippen molar-refractivity contribution in [1.82, 2.24) is 10.2 Å². The van der Waals surface area contributed by atoms with Crippen molar-refractivity contribution in [2.45, 2.75) is 48.3 Å². The Morgan fingerprint density at radius 1 is 1.40 bits per heavy atom. The number of carbonyl (C=O) groups excluding carboxylic acids is 1. The number of hydrogen-bond donors (Lipinski definition) is 1. The highest BCUT2D eigenvalue weighted by Crippen LogP contribution is 2.31. The van der Waals surface area contributed by atoms with E-state index in [4.69, 9.17) is 0 Å². The summed E-state index contributed by atoms with van der Waals surface area (Å²) in [4.78, 5) is 15.6. The maximum absolute atomic E-state index is 12.7. The van der Waals surface area contributed by atoms with Crippen molar-refractivity contribution in [3.8, 4) is 0 Å². The monoisotopic (exact) mass is 406 g/mol. The van der Waals surface area contributed by atoms with Crippen LogP contribution in [0.25, 0.3) is 0 Å². The molecule has 1 saturated heterocycles. The summed E-state index contributed by atoms with van der Waals surface area (Å²) in [6.07, 6.45) is 0.577. The zero-order chi connectivity index (χ0) is 17.7. The number of thioether (sulfide) groups is 1. The molecule has 0 aliphatic carbocycles. The Bertz CT molecular complexity index is 682. The summed E-state index contributed by atoms with van der Waals surface area (Å²) in [5.74, 6) is 0.193. The summed E-state index contributed by atoms with van der Waals surface area (Å²) < 4.78 is 24.9. The van der Waals surface area contributed by atoms with Crippen LogP contribution in [0.3, 0.4) is 0 Å². The molecule has 0 bridgehead atoms. The molecule has 0 aromatic heterocycles. The van der Waals surface area contributed by atoms with E-state index in [1.807, 2.05) is 31.7 Å². The lowest BCUT2D eigenvalue weighted by atomic mass is 10.2. The molecule has 0 spiro atoms. The Hall–Kier alpha value is -0.760. The second-order valence-corrected chi connectivity index (χ2v) is 9.57. The topological polar surface area (TPSA) is 66.5 Å². The molecule has 1 aliphatic rings. The molecule has 2 rings (SSSR count). The minimum atomic E-state index is -3.30. The van der Waals surface area contributed by atoms with Crippen molar-refractivity contribution in [2.75, 3.05) is 25.4 Å². The van der Waals surface area contributed by atoms with Gasteiger partial charge in [0.1, 0.15) is 0 Å². The Balaban J connectivity index is 0.00000312. The fourth-order valence-corrected chi connectivity index (χ4v) is 5.73. The molecule has 1 fully saturated rings. The quantitative estimate of drug-likeness (QED) is 0.735. The van der Waals surface area contributed by atoms with Crippen molar-refractivity contribution in [3.63, 3.8) is 0 Å². The third kappa shape index (κ3) is 5.61. The Kier molecular flexibility index (Phi) is 8.74. The Morgan fingerprint density at radius 3 is 2.72 bits per heavy atom. The number of piperazine rings is 1. The first-order valence-corrected chi connectivity index (χ1v) is 10.9. The molecule has 2 atom stereocenters. The van der Waals surface area contributed by atoms with Crippen LogP contribution in [-0.2, 0) is 14.6 Å². The van der Waals surface area contributed by atoms with Crippen LogP contribution in [0.2, 0.25) is 0 Å². The number of amides is 1. The van der Waals surface area contributed by atoms with E-state index in [9.17, 15) is 13.2 Å². The maximum atomic E-state index is 12.7. The molecule has 1 heterocycles. The van der Waals surface area contributed by atoms with Crippen LogP contribution in [0.4, 0.5) is 0 Å². The number of rotatable bonds is 6. The van der Waals surface area contributed by atoms with E-state index >= 15 is 0 Å². The van der Waals surface area contributed by atoms with Crippen LogP contribution in [0.5, 0.6) is 0 Å². The van der Waals surface area contributed by atoms with Crippen molar-refractivity contribution in [2.24, 2.45) is 0 Å². The van der Waals surface area contributed by atoms with Gasteiger partial charge in [0.25, 0.3) is 0 Å². The van der Waals surface area contributed by atoms with Crippen LogP contribution < -0.4 is 5.32 Å². The Labute approximate surface area is 161 Å². The van der Waals surface area contributed by atoms with Gasteiger partial charge in [0.15, 0.2) is 9.84 Å². The minimum absolute atomic E-state index is 0. The molecule has 0 radical (unpaired) electrons. The van der Waals surface area contributed by atoms with Crippen molar-refractivity contribution in [3.05, 3.63) is 24.3 Å². The second-order valence-electron chi connectivity index (χ2n) is 6.11. The largest absolute Gasteiger partial charge is 0.336 e. The first-order valence-electron chi connectivity index (χ1n) is 8.36. The van der Waals surface area contributed by atoms with Gasteiger partial charge in [-0.3, -0.25) is 4.79 Å². The average molecular weight is 407 g/mol. The summed E-state index contributed by atoms with van der Waals surface area (Å²) in [6, 6.07) is 7.14. The number of carbonyl (C=O) groups is 1. The van der Waals surface area contributed by atoms with E-state index in [1.165, 1.54) is 11.8 Å². The van der Waals surface area contributed by atoms with Crippen LogP contribution in [0.15, 0.2) is 34.1 Å². The molecule has 1 N–H and O–H groups in total. The number of sulfone groups is 1. The lowest BCUT2D eigenvalue weighted by Gasteiger charge is -2.35. The van der Waals surface area contributed by atoms with Crippen molar-refractivity contribution in [1.29, 1.82) is 0 Å². The summed E-state index contributed by atoms with van der Waals surface area (Å²) >= 11 is 1.34. The highest BCUT2D eigenvalue weighted by Gasteiger charge is 2.28. The van der Waals surface area contributed by atoms with Gasteiger partial charge in [0, 0.05) is 30.6 Å². The molecular formula is C17H27ClN2O3S2. The van der Waals surface area contributed by atoms with Gasteiger partial charge in [-0.1, -0.05) is 19.1 Å². The van der Waals surface area contributed by atoms with Gasteiger partial charge >= 0.3 is 0 Å². The summed E-state index contributed by atoms with van der Waals surface area (Å²) in [5.41, 5.74) is 0. The number of benzene rings is 1. The van der Waals surface area contributed by atoms with E-state index in [0.717, 1.165) is 13.1 Å². The highest BCUT2D eigenvalue weighted by molar-refractivity contribution is 8.01. The molecule has 142 valence electrons. The first-order chi connectivity index (χ1) is 11.4. The van der Waals surface area contributed by atoms with E-state index in [0.29, 0.717) is 22.8 Å². The fourth-order valence-electron chi connectivity index (χ4n) is 2.83. The van der Waals surface area contributed by atoms with Crippen LogP contribution in [-0.4, -0.2) is 55.9 Å². The van der Waals surface area contributed by atoms with Gasteiger partial charge in [0.05, 0.1) is 15.9 Å². The van der Waals surface area contributed by atoms with Crippen LogP contribution in [0.1, 0.15) is 27.2 Å². The van der Waals surface area contributed by atoms with E-state index in [1.54, 1.807) is 18.2 Å². The van der Waals surface area contributed by atoms with Crippen LogP contribution in [0, 0.1) is 0 Å². The zero-order valence-corrected chi connectivity index (χ0v) is 17.3. The van der Waals surface area contributed by atoms with Gasteiger partial charge in [-0.15, -0.1) is 24.2 Å². The SMILES string of the molecule is CCCS(=O)(=O)c1ccccc1SC(C)C(=O)N1CCNC[C@@H]1C.Cl. The smallest absolute Gasteiger partial charge is 0.236 e. The standard InChI is InChI=1S/C17H26N2O3S2.ClH/c1-4-11-24(21,22)16-8-6-5-7-15(16)23-14(3)17(20)19-10-9-18-12-13(19)2;/h5-8,13-14,18H,4,9-12H2,1-3H3;1H/t13-,14?;/m0./s1. The van der Waals surface area contributed by atoms with Gasteiger partial charge < -0.3 is 10.2 Å². The van der Waals surface area contributed by atoms with E-state index < -0.39 is 9.84 Å². The first kappa shape index (κ1) is 22.3. The molecule has 1 unspecified atom stereocenters. The predicted molar refractivity (Wildman–Crippen MR) is 105 cm³/mol. The average Bonchev–Trinajstić information content (AvgIpc) is 2.55. The molecule has 1 aromatic carbocycles. The van der Waals surface area contributed by atoms with E-state index in [2.05, 4.69) is 5.32 Å². The van der Waals surface area contributed by atoms with Crippen molar-refractivity contribution < 1.29 is 13.2 Å². The highest BCUT2D eigenvalue weighted by atomic mass is 35.5. The van der Waals surface area contributed by atoms with Gasteiger partial charge in [0.2, 0.25) is 5.91 Å². The third-order valence-corrected chi connectivity index (χ3v) is 7.36. The normalized spacial score (nSPS) is 19.2. The number of hydrogen-bond acceptors (Lipinski definition) is 5. The molecule has 25 heavy (non-hydrogen) atoms. The number of halogens is 1. The van der Waals surface area contributed by atoms with Crippen LogP contribution >= 0.6 is 24.2 Å². The molecular weight excluding hydrogens is 380 g/mol. The minimum Gasteiger partial charge on any atom is -0.336 e. The molecule has 8 heteroatoms. The predicted octanol–water partition coefficient (Wildman–Crippen LogP) is 2.59. The second kappa shape index (κ2) is 9.80. The molecule has 1 amide bonds. The third-order valence-electron chi connectivity index (χ3n) is 4.09. The molecule has 1 aliphatic heterocycles. The van der Waals surface area contributed by atoms with Gasteiger partial charge in [-0.2, -0.15) is 0 Å². The van der Waals surface area contributed by atoms with Crippen molar-refractivity contribution >= 4 is 39.9 Å². The summed E-state index contributed by atoms with van der Waals surface area (Å²) in [6.45, 7) is 8.03. The van der Waals surface area contributed by atoms with E-state index in [-0.39, 0.29) is 35.4 Å².